The summed E-state index contributed by atoms with van der Waals surface area (Å²) in [5.41, 5.74) is 2.30. The van der Waals surface area contributed by atoms with Crippen LogP contribution >= 0.6 is 0 Å². The molecule has 0 spiro atoms. The molecule has 1 fully saturated rings. The highest BCUT2D eigenvalue weighted by Crippen LogP contribution is 2.29. The number of hydrogen-bond acceptors (Lipinski definition) is 3. The third kappa shape index (κ3) is 3.95. The monoisotopic (exact) mass is 325 g/mol. The summed E-state index contributed by atoms with van der Waals surface area (Å²) in [5, 5.41) is 0. The summed E-state index contributed by atoms with van der Waals surface area (Å²) < 4.78 is 11.2. The lowest BCUT2D eigenvalue weighted by Crippen LogP contribution is -2.41. The van der Waals surface area contributed by atoms with Crippen molar-refractivity contribution in [1.29, 1.82) is 0 Å². The van der Waals surface area contributed by atoms with E-state index in [-0.39, 0.29) is 18.3 Å². The normalized spacial score (nSPS) is 15.5. The van der Waals surface area contributed by atoms with Crippen molar-refractivity contribution >= 4 is 6.09 Å². The number of ether oxygens (including phenoxy) is 2. The van der Waals surface area contributed by atoms with Gasteiger partial charge in [-0.05, 0) is 24.0 Å². The van der Waals surface area contributed by atoms with Crippen LogP contribution in [0.5, 0.6) is 0 Å². The van der Waals surface area contributed by atoms with E-state index in [0.717, 1.165) is 24.0 Å². The summed E-state index contributed by atoms with van der Waals surface area (Å²) in [7, 11) is 1.42. The maximum Gasteiger partial charge on any atom is 0.409 e. The van der Waals surface area contributed by atoms with Crippen molar-refractivity contribution in [1.82, 2.24) is 4.90 Å². The van der Waals surface area contributed by atoms with Crippen molar-refractivity contribution < 1.29 is 14.3 Å². The van der Waals surface area contributed by atoms with Crippen LogP contribution in [0.2, 0.25) is 0 Å². The molecule has 1 aliphatic rings. The molecular formula is C20H23NO3. The smallest absolute Gasteiger partial charge is 0.409 e. The molecule has 0 aromatic heterocycles. The Morgan fingerprint density at radius 2 is 1.46 bits per heavy atom. The van der Waals surface area contributed by atoms with Gasteiger partial charge in [-0.2, -0.15) is 0 Å². The average Bonchev–Trinajstić information content (AvgIpc) is 2.67. The van der Waals surface area contributed by atoms with E-state index in [1.54, 1.807) is 4.90 Å². The molecule has 1 saturated heterocycles. The number of carbonyl (C=O) groups is 1. The van der Waals surface area contributed by atoms with Crippen molar-refractivity contribution in [3.63, 3.8) is 0 Å². The predicted octanol–water partition coefficient (Wildman–Crippen LogP) is 4.02. The Bertz CT molecular complexity index is 597. The van der Waals surface area contributed by atoms with Crippen LogP contribution in [-0.2, 0) is 9.47 Å². The highest BCUT2D eigenvalue weighted by atomic mass is 16.5. The SMILES string of the molecule is COC(=O)N1CCC(OC(c2ccccc2)c2ccccc2)CC1. The molecule has 24 heavy (non-hydrogen) atoms. The fraction of sp³-hybridized carbons (Fsp3) is 0.350. The van der Waals surface area contributed by atoms with Gasteiger partial charge >= 0.3 is 6.09 Å². The molecule has 126 valence electrons. The van der Waals surface area contributed by atoms with Crippen LogP contribution in [0.4, 0.5) is 4.79 Å². The molecule has 1 heterocycles. The van der Waals surface area contributed by atoms with Gasteiger partial charge in [-0.15, -0.1) is 0 Å². The average molecular weight is 325 g/mol. The summed E-state index contributed by atoms with van der Waals surface area (Å²) in [6.45, 7) is 1.35. The summed E-state index contributed by atoms with van der Waals surface area (Å²) in [6.07, 6.45) is 1.45. The van der Waals surface area contributed by atoms with Crippen LogP contribution < -0.4 is 0 Å². The Hall–Kier alpha value is -2.33. The zero-order valence-corrected chi connectivity index (χ0v) is 13.9. The Kier molecular flexibility index (Phi) is 5.49. The molecule has 2 aromatic carbocycles. The van der Waals surface area contributed by atoms with E-state index < -0.39 is 0 Å². The Morgan fingerprint density at radius 3 is 1.92 bits per heavy atom. The topological polar surface area (TPSA) is 38.8 Å². The number of methoxy groups -OCH3 is 1. The minimum atomic E-state index is -0.254. The van der Waals surface area contributed by atoms with Gasteiger partial charge in [-0.1, -0.05) is 60.7 Å². The predicted molar refractivity (Wildman–Crippen MR) is 92.8 cm³/mol. The molecule has 2 aromatic rings. The zero-order chi connectivity index (χ0) is 16.8. The summed E-state index contributed by atoms with van der Waals surface area (Å²) in [6, 6.07) is 20.6. The molecule has 0 radical (unpaired) electrons. The first-order chi connectivity index (χ1) is 11.8. The van der Waals surface area contributed by atoms with E-state index in [2.05, 4.69) is 24.3 Å². The van der Waals surface area contributed by atoms with Gasteiger partial charge in [0.1, 0.15) is 6.10 Å². The van der Waals surface area contributed by atoms with Crippen molar-refractivity contribution in [2.75, 3.05) is 20.2 Å². The Labute approximate surface area is 143 Å². The Morgan fingerprint density at radius 1 is 0.958 bits per heavy atom. The summed E-state index contributed by atoms with van der Waals surface area (Å²) >= 11 is 0. The van der Waals surface area contributed by atoms with Gasteiger partial charge in [0.05, 0.1) is 13.2 Å². The molecule has 0 bridgehead atoms. The van der Waals surface area contributed by atoms with Crippen molar-refractivity contribution in [3.05, 3.63) is 71.8 Å². The lowest BCUT2D eigenvalue weighted by Gasteiger charge is -2.33. The fourth-order valence-electron chi connectivity index (χ4n) is 3.10. The Balaban J connectivity index is 1.71. The molecule has 0 unspecified atom stereocenters. The fourth-order valence-corrected chi connectivity index (χ4v) is 3.10. The molecular weight excluding hydrogens is 302 g/mol. The second kappa shape index (κ2) is 7.97. The van der Waals surface area contributed by atoms with E-state index in [0.29, 0.717) is 13.1 Å². The van der Waals surface area contributed by atoms with E-state index >= 15 is 0 Å². The van der Waals surface area contributed by atoms with Crippen molar-refractivity contribution in [2.24, 2.45) is 0 Å². The molecule has 0 aliphatic carbocycles. The van der Waals surface area contributed by atoms with Gasteiger partial charge in [0.15, 0.2) is 0 Å². The second-order valence-corrected chi connectivity index (χ2v) is 5.99. The maximum absolute atomic E-state index is 11.6. The maximum atomic E-state index is 11.6. The quantitative estimate of drug-likeness (QED) is 0.852. The van der Waals surface area contributed by atoms with Gasteiger partial charge in [0.25, 0.3) is 0 Å². The lowest BCUT2D eigenvalue weighted by atomic mass is 10.00. The van der Waals surface area contributed by atoms with E-state index in [9.17, 15) is 4.79 Å². The molecule has 0 atom stereocenters. The van der Waals surface area contributed by atoms with Gasteiger partial charge in [-0.25, -0.2) is 4.79 Å². The first-order valence-corrected chi connectivity index (χ1v) is 8.36. The van der Waals surface area contributed by atoms with Crippen LogP contribution in [0.15, 0.2) is 60.7 Å². The standard InChI is InChI=1S/C20H23NO3/c1-23-20(22)21-14-12-18(13-15-21)24-19(16-8-4-2-5-9-16)17-10-6-3-7-11-17/h2-11,18-19H,12-15H2,1H3. The molecule has 1 aliphatic heterocycles. The number of carbonyl (C=O) groups excluding carboxylic acids is 1. The van der Waals surface area contributed by atoms with Crippen LogP contribution in [0.3, 0.4) is 0 Å². The number of amides is 1. The van der Waals surface area contributed by atoms with Gasteiger partial charge in [-0.3, -0.25) is 0 Å². The minimum absolute atomic E-state index is 0.0814. The first kappa shape index (κ1) is 16.5. The second-order valence-electron chi connectivity index (χ2n) is 5.99. The summed E-state index contributed by atoms with van der Waals surface area (Å²) in [5.74, 6) is 0. The molecule has 4 heteroatoms. The van der Waals surface area contributed by atoms with E-state index in [4.69, 9.17) is 9.47 Å². The van der Waals surface area contributed by atoms with Crippen LogP contribution in [0, 0.1) is 0 Å². The molecule has 0 saturated carbocycles. The molecule has 4 nitrogen and oxygen atoms in total. The highest BCUT2D eigenvalue weighted by Gasteiger charge is 2.26. The first-order valence-electron chi connectivity index (χ1n) is 8.36. The van der Waals surface area contributed by atoms with Crippen molar-refractivity contribution in [2.45, 2.75) is 25.0 Å². The number of likely N-dealkylation sites (tertiary alicyclic amines) is 1. The highest BCUT2D eigenvalue weighted by molar-refractivity contribution is 5.67. The number of rotatable bonds is 4. The molecule has 3 rings (SSSR count). The van der Waals surface area contributed by atoms with E-state index in [1.807, 2.05) is 36.4 Å². The van der Waals surface area contributed by atoms with Crippen LogP contribution in [-0.4, -0.2) is 37.3 Å². The third-order valence-corrected chi connectivity index (χ3v) is 4.41. The van der Waals surface area contributed by atoms with Gasteiger partial charge < -0.3 is 14.4 Å². The summed E-state index contributed by atoms with van der Waals surface area (Å²) in [4.78, 5) is 13.3. The molecule has 1 amide bonds. The zero-order valence-electron chi connectivity index (χ0n) is 13.9. The van der Waals surface area contributed by atoms with Crippen LogP contribution in [0.25, 0.3) is 0 Å². The lowest BCUT2D eigenvalue weighted by molar-refractivity contribution is -0.0251. The number of nitrogens with zero attached hydrogens (tertiary/aromatic N) is 1. The number of hydrogen-bond donors (Lipinski definition) is 0. The van der Waals surface area contributed by atoms with Gasteiger partial charge in [0.2, 0.25) is 0 Å². The van der Waals surface area contributed by atoms with Gasteiger partial charge in [0, 0.05) is 13.1 Å². The van der Waals surface area contributed by atoms with E-state index in [1.165, 1.54) is 7.11 Å². The van der Waals surface area contributed by atoms with Crippen molar-refractivity contribution in [3.8, 4) is 0 Å². The minimum Gasteiger partial charge on any atom is -0.453 e. The third-order valence-electron chi connectivity index (χ3n) is 4.41. The number of benzene rings is 2. The number of piperidine rings is 1. The molecule has 0 N–H and O–H groups in total. The van der Waals surface area contributed by atoms with Crippen LogP contribution in [0.1, 0.15) is 30.1 Å². The largest absolute Gasteiger partial charge is 0.453 e.